The van der Waals surface area contributed by atoms with E-state index in [0.29, 0.717) is 32.2 Å². The van der Waals surface area contributed by atoms with Gasteiger partial charge in [0.15, 0.2) is 0 Å². The Morgan fingerprint density at radius 2 is 1.08 bits per heavy atom. The molecule has 0 atom stereocenters. The van der Waals surface area contributed by atoms with Crippen LogP contribution in [0.2, 0.25) is 0 Å². The summed E-state index contributed by atoms with van der Waals surface area (Å²) in [6, 6.07) is 42.9. The number of amides is 2. The van der Waals surface area contributed by atoms with Gasteiger partial charge < -0.3 is 45.8 Å². The summed E-state index contributed by atoms with van der Waals surface area (Å²) in [6.07, 6.45) is 0.817. The number of nitrogens with zero attached hydrogens (tertiary/aromatic N) is 2. The van der Waals surface area contributed by atoms with Gasteiger partial charge in [0.25, 0.3) is 0 Å². The standard InChI is InChI=1S/C18H24NPS.C12H10P.C7H13NO2S.C5H8ClNO2.C2H6S.Li.Na/c1-2-21-16-14-19-13-15-20(17-9-5-3-6-10-17)18-11-7-4-8-12-18;1-3-7-11(8-4-1)13-12-9-5-2-6-10-12;1-2-11-6-4-8-3-5-10-7(8)9;6-1-2-7-3-4-9-5(7)8;1-2-3;;/h3-12,19H,2,13-16H2,1H3;1-10H;2-6H2,1H3;1-4H2;3H,2H2,1H3;;/q;-1;;;;2*+1/p-1. The number of thioether (sulfide) groups is 2. The minimum Gasteiger partial charge on any atom is -0.793 e. The van der Waals surface area contributed by atoms with Crippen LogP contribution in [-0.4, -0.2) is 115 Å². The molecule has 7 nitrogen and oxygen atoms in total. The van der Waals surface area contributed by atoms with Gasteiger partial charge in [0.05, 0.1) is 13.1 Å². The van der Waals surface area contributed by atoms with Gasteiger partial charge in [0, 0.05) is 37.0 Å². The summed E-state index contributed by atoms with van der Waals surface area (Å²) in [5.41, 5.74) is 0. The van der Waals surface area contributed by atoms with Crippen molar-refractivity contribution in [2.75, 3.05) is 93.3 Å². The van der Waals surface area contributed by atoms with E-state index in [1.54, 1.807) is 9.80 Å². The first kappa shape index (κ1) is 58.2. The smallest absolute Gasteiger partial charge is 0.793 e. The number of hydrogen-bond acceptors (Lipinski definition) is 8. The second-order valence-corrected chi connectivity index (χ2v) is 19.3. The number of alkyl halides is 1. The molecule has 1 N–H and O–H groups in total. The number of carbonyl (C=O) groups excluding carboxylic acids is 2. The quantitative estimate of drug-likeness (QED) is 0.0571. The molecule has 2 heterocycles. The van der Waals surface area contributed by atoms with Crippen molar-refractivity contribution in [3.8, 4) is 0 Å². The van der Waals surface area contributed by atoms with E-state index in [-0.39, 0.29) is 68.5 Å². The molecule has 6 rings (SSSR count). The van der Waals surface area contributed by atoms with Gasteiger partial charge in [-0.25, -0.2) is 20.2 Å². The van der Waals surface area contributed by atoms with Gasteiger partial charge >= 0.3 is 60.6 Å². The fourth-order valence-corrected chi connectivity index (χ4v) is 9.68. The number of rotatable bonds is 17. The van der Waals surface area contributed by atoms with Gasteiger partial charge in [-0.05, 0) is 42.7 Å². The average molecular weight is 919 g/mol. The fourth-order valence-electron chi connectivity index (χ4n) is 5.06. The second kappa shape index (κ2) is 40.0. The van der Waals surface area contributed by atoms with Crippen LogP contribution < -0.4 is 75.0 Å². The average Bonchev–Trinajstić information content (AvgIpc) is 3.86. The maximum Gasteiger partial charge on any atom is 1.00 e. The number of hydrogen-bond donors (Lipinski definition) is 1. The molecule has 2 amide bonds. The van der Waals surface area contributed by atoms with Crippen molar-refractivity contribution < 1.29 is 67.5 Å². The first-order valence-electron chi connectivity index (χ1n) is 19.5. The zero-order chi connectivity index (χ0) is 41.2. The first-order valence-corrected chi connectivity index (χ1v) is 25.3. The predicted molar refractivity (Wildman–Crippen MR) is 256 cm³/mol. The molecule has 2 fully saturated rings. The molecule has 0 aromatic heterocycles. The van der Waals surface area contributed by atoms with Crippen LogP contribution in [0.5, 0.6) is 0 Å². The van der Waals surface area contributed by atoms with Gasteiger partial charge in [0.2, 0.25) is 0 Å². The van der Waals surface area contributed by atoms with Crippen LogP contribution in [0.3, 0.4) is 0 Å². The third-order valence-electron chi connectivity index (χ3n) is 7.80. The summed E-state index contributed by atoms with van der Waals surface area (Å²) in [5, 5.41) is 9.22. The van der Waals surface area contributed by atoms with E-state index in [1.165, 1.54) is 47.5 Å². The van der Waals surface area contributed by atoms with Crippen molar-refractivity contribution in [2.45, 2.75) is 20.8 Å². The molecule has 0 bridgehead atoms. The van der Waals surface area contributed by atoms with Crippen LogP contribution in [0.1, 0.15) is 20.8 Å². The largest absolute Gasteiger partial charge is 1.00 e. The van der Waals surface area contributed by atoms with Crippen LogP contribution in [-0.2, 0) is 22.1 Å². The number of carbonyl (C=O) groups is 2. The Kier molecular flexibility index (Phi) is 39.4. The number of cyclic esters (lactones) is 2. The Bertz CT molecular complexity index is 1500. The number of halogens is 1. The van der Waals surface area contributed by atoms with E-state index in [4.69, 9.17) is 16.3 Å². The molecule has 2 aliphatic rings. The summed E-state index contributed by atoms with van der Waals surface area (Å²) in [5.74, 6) is 5.87. The third-order valence-corrected chi connectivity index (χ3v) is 13.4. The van der Waals surface area contributed by atoms with Crippen LogP contribution in [0, 0.1) is 0 Å². The molecule has 0 saturated carbocycles. The van der Waals surface area contributed by atoms with Gasteiger partial charge in [-0.2, -0.15) is 29.3 Å². The third kappa shape index (κ3) is 27.8. The number of nitrogens with one attached hydrogen (secondary N) is 1. The molecular weight excluding hydrogens is 858 g/mol. The zero-order valence-corrected chi connectivity index (χ0v) is 42.7. The molecule has 312 valence electrons. The normalized spacial score (nSPS) is 12.4. The molecule has 4 aromatic carbocycles. The molecule has 0 spiro atoms. The van der Waals surface area contributed by atoms with Crippen molar-refractivity contribution in [3.05, 3.63) is 121 Å². The summed E-state index contributed by atoms with van der Waals surface area (Å²) in [4.78, 5) is 24.8. The van der Waals surface area contributed by atoms with E-state index >= 15 is 0 Å². The maximum absolute atomic E-state index is 10.9. The van der Waals surface area contributed by atoms with Crippen molar-refractivity contribution in [1.82, 2.24) is 15.1 Å². The van der Waals surface area contributed by atoms with Gasteiger partial charge in [-0.3, -0.25) is 0 Å². The number of ether oxygens (including phenoxy) is 2. The molecule has 0 radical (unpaired) electrons. The van der Waals surface area contributed by atoms with Crippen LogP contribution in [0.15, 0.2) is 121 Å². The van der Waals surface area contributed by atoms with Crippen molar-refractivity contribution in [2.24, 2.45) is 0 Å². The summed E-state index contributed by atoms with van der Waals surface area (Å²) in [6.45, 7) is 12.4. The van der Waals surface area contributed by atoms with Crippen LogP contribution >= 0.6 is 51.6 Å². The maximum atomic E-state index is 10.9. The molecule has 0 unspecified atom stereocenters. The monoisotopic (exact) mass is 917 g/mol. The van der Waals surface area contributed by atoms with Crippen molar-refractivity contribution in [3.63, 3.8) is 0 Å². The van der Waals surface area contributed by atoms with E-state index < -0.39 is 0 Å². The summed E-state index contributed by atoms with van der Waals surface area (Å²) >= 11 is 13.6. The molecule has 0 aliphatic carbocycles. The minimum absolute atomic E-state index is 0. The predicted octanol–water partition coefficient (Wildman–Crippen LogP) is 2.48. The van der Waals surface area contributed by atoms with E-state index in [0.717, 1.165) is 43.4 Å². The molecular formula is C44H60ClLiN3NaO4P2S3. The van der Waals surface area contributed by atoms with Gasteiger partial charge in [-0.1, -0.05) is 142 Å². The molecule has 2 aliphatic heterocycles. The van der Waals surface area contributed by atoms with Crippen LogP contribution in [0.4, 0.5) is 9.59 Å². The van der Waals surface area contributed by atoms with E-state index in [9.17, 15) is 9.59 Å². The van der Waals surface area contributed by atoms with Crippen molar-refractivity contribution >= 4 is 97.7 Å². The Morgan fingerprint density at radius 3 is 1.47 bits per heavy atom. The molecule has 4 aromatic rings. The Hall–Kier alpha value is -0.823. The molecule has 59 heavy (non-hydrogen) atoms. The SMILES string of the molecule is CCSCCN1CCOC1=O.CCSCCNCCP(c1ccccc1)c1ccccc1.CC[S-].O=C1OCCN1CCCl.[Li+].[Na+].c1ccc([P-]c2ccccc2)cc1. The van der Waals surface area contributed by atoms with E-state index in [1.807, 2.05) is 42.6 Å². The van der Waals surface area contributed by atoms with Gasteiger partial charge in [0.1, 0.15) is 13.2 Å². The molecule has 2 saturated heterocycles. The minimum atomic E-state index is -0.245. The van der Waals surface area contributed by atoms with E-state index in [2.05, 4.69) is 146 Å². The van der Waals surface area contributed by atoms with Crippen LogP contribution in [0.25, 0.3) is 0 Å². The Morgan fingerprint density at radius 1 is 0.678 bits per heavy atom. The summed E-state index contributed by atoms with van der Waals surface area (Å²) in [7, 11) is 1.04. The topological polar surface area (TPSA) is 71.1 Å². The van der Waals surface area contributed by atoms with Crippen molar-refractivity contribution in [1.29, 1.82) is 0 Å². The number of benzene rings is 4. The first-order chi connectivity index (χ1) is 28.0. The Labute approximate surface area is 411 Å². The molecule has 15 heteroatoms. The zero-order valence-electron chi connectivity index (χ0n) is 35.7. The second-order valence-electron chi connectivity index (χ2n) is 11.9. The summed E-state index contributed by atoms with van der Waals surface area (Å²) < 4.78 is 9.42. The Balaban J connectivity index is 0.000000770. The van der Waals surface area contributed by atoms with Gasteiger partial charge in [-0.15, -0.1) is 11.6 Å². The fraction of sp³-hybridized carbons (Fsp3) is 0.409.